The second-order valence-electron chi connectivity index (χ2n) is 4.82. The van der Waals surface area contributed by atoms with Crippen LogP contribution in [0.2, 0.25) is 0 Å². The summed E-state index contributed by atoms with van der Waals surface area (Å²) in [7, 11) is 0. The first-order valence-electron chi connectivity index (χ1n) is 6.49. The molecule has 4 heteroatoms. The number of fused-ring (bicyclic) bond motifs is 1. The second-order valence-corrected chi connectivity index (χ2v) is 4.82. The molecule has 0 saturated heterocycles. The fraction of sp³-hybridized carbons (Fsp3) is 0.500. The molecule has 0 spiro atoms. The zero-order valence-corrected chi connectivity index (χ0v) is 11.0. The maximum atomic E-state index is 11.2. The summed E-state index contributed by atoms with van der Waals surface area (Å²) >= 11 is 0. The van der Waals surface area contributed by atoms with E-state index in [0.717, 1.165) is 23.7 Å². The molecule has 0 saturated carbocycles. The molecule has 1 atom stereocenters. The molecule has 1 unspecified atom stereocenters. The molecule has 1 aromatic rings. The van der Waals surface area contributed by atoms with Gasteiger partial charge < -0.3 is 15.4 Å². The van der Waals surface area contributed by atoms with E-state index < -0.39 is 0 Å². The molecular formula is C14H20N2O2. The van der Waals surface area contributed by atoms with Gasteiger partial charge in [0.25, 0.3) is 5.91 Å². The van der Waals surface area contributed by atoms with Gasteiger partial charge in [-0.1, -0.05) is 20.3 Å². The van der Waals surface area contributed by atoms with Crippen LogP contribution in [0.4, 0.5) is 11.4 Å². The van der Waals surface area contributed by atoms with E-state index in [2.05, 4.69) is 24.5 Å². The van der Waals surface area contributed by atoms with E-state index in [-0.39, 0.29) is 12.5 Å². The van der Waals surface area contributed by atoms with Gasteiger partial charge in [0, 0.05) is 12.2 Å². The third kappa shape index (κ3) is 3.15. The zero-order chi connectivity index (χ0) is 13.0. The summed E-state index contributed by atoms with van der Waals surface area (Å²) in [6, 6.07) is 5.79. The summed E-state index contributed by atoms with van der Waals surface area (Å²) in [5.74, 6) is 1.29. The molecule has 0 bridgehead atoms. The average molecular weight is 248 g/mol. The van der Waals surface area contributed by atoms with Gasteiger partial charge in [0.15, 0.2) is 6.61 Å². The minimum absolute atomic E-state index is 0.0981. The van der Waals surface area contributed by atoms with Crippen LogP contribution in [0.3, 0.4) is 0 Å². The molecule has 0 radical (unpaired) electrons. The van der Waals surface area contributed by atoms with Crippen LogP contribution in [0, 0.1) is 5.92 Å². The first kappa shape index (κ1) is 12.7. The number of carbonyl (C=O) groups excluding carboxylic acids is 1. The molecule has 18 heavy (non-hydrogen) atoms. The first-order chi connectivity index (χ1) is 8.69. The minimum atomic E-state index is -0.0981. The Bertz CT molecular complexity index is 432. The molecule has 2 N–H and O–H groups in total. The zero-order valence-electron chi connectivity index (χ0n) is 11.0. The van der Waals surface area contributed by atoms with Gasteiger partial charge in [0.05, 0.1) is 5.69 Å². The van der Waals surface area contributed by atoms with Gasteiger partial charge in [0.2, 0.25) is 0 Å². The van der Waals surface area contributed by atoms with Gasteiger partial charge in [-0.3, -0.25) is 4.79 Å². The van der Waals surface area contributed by atoms with Crippen molar-refractivity contribution in [3.63, 3.8) is 0 Å². The molecule has 1 aliphatic heterocycles. The number of rotatable bonds is 5. The van der Waals surface area contributed by atoms with Crippen LogP contribution in [0.15, 0.2) is 18.2 Å². The Hall–Kier alpha value is -1.71. The van der Waals surface area contributed by atoms with Crippen LogP contribution in [0.5, 0.6) is 5.75 Å². The highest BCUT2D eigenvalue weighted by molar-refractivity contribution is 5.95. The summed E-state index contributed by atoms with van der Waals surface area (Å²) in [5.41, 5.74) is 1.77. The van der Waals surface area contributed by atoms with Crippen molar-refractivity contribution in [3.05, 3.63) is 18.2 Å². The van der Waals surface area contributed by atoms with Gasteiger partial charge in [-0.2, -0.15) is 0 Å². The molecule has 98 valence electrons. The summed E-state index contributed by atoms with van der Waals surface area (Å²) in [6.45, 7) is 5.48. The Labute approximate surface area is 108 Å². The first-order valence-corrected chi connectivity index (χ1v) is 6.49. The topological polar surface area (TPSA) is 50.4 Å². The standard InChI is InChI=1S/C14H20N2O2/c1-3-4-10(2)8-15-11-5-6-13-12(7-11)16-14(17)9-18-13/h5-7,10,15H,3-4,8-9H2,1-2H3,(H,16,17). The highest BCUT2D eigenvalue weighted by Gasteiger charge is 2.15. The Morgan fingerprint density at radius 2 is 2.33 bits per heavy atom. The summed E-state index contributed by atoms with van der Waals surface area (Å²) in [6.07, 6.45) is 2.43. The van der Waals surface area contributed by atoms with Gasteiger partial charge in [-0.25, -0.2) is 0 Å². The quantitative estimate of drug-likeness (QED) is 0.842. The Balaban J connectivity index is 1.98. The van der Waals surface area contributed by atoms with E-state index in [4.69, 9.17) is 4.74 Å². The van der Waals surface area contributed by atoms with Crippen molar-refractivity contribution < 1.29 is 9.53 Å². The molecule has 1 heterocycles. The van der Waals surface area contributed by atoms with Crippen LogP contribution in [-0.4, -0.2) is 19.1 Å². The fourth-order valence-corrected chi connectivity index (χ4v) is 2.08. The summed E-state index contributed by atoms with van der Waals surface area (Å²) < 4.78 is 5.32. The highest BCUT2D eigenvalue weighted by Crippen LogP contribution is 2.30. The lowest BCUT2D eigenvalue weighted by atomic mass is 10.1. The normalized spacial score (nSPS) is 15.3. The number of anilines is 2. The monoisotopic (exact) mass is 248 g/mol. The van der Waals surface area contributed by atoms with E-state index in [1.54, 1.807) is 0 Å². The summed E-state index contributed by atoms with van der Waals surface area (Å²) in [5, 5.41) is 6.20. The molecule has 1 aromatic carbocycles. The maximum absolute atomic E-state index is 11.2. The number of amides is 1. The average Bonchev–Trinajstić information content (AvgIpc) is 2.36. The maximum Gasteiger partial charge on any atom is 0.262 e. The predicted molar refractivity (Wildman–Crippen MR) is 73.1 cm³/mol. The number of hydrogen-bond donors (Lipinski definition) is 2. The number of ether oxygens (including phenoxy) is 1. The van der Waals surface area contributed by atoms with Crippen molar-refractivity contribution in [2.24, 2.45) is 5.92 Å². The van der Waals surface area contributed by atoms with Crippen LogP contribution in [0.25, 0.3) is 0 Å². The predicted octanol–water partition coefficient (Wildman–Crippen LogP) is 2.87. The Kier molecular flexibility index (Phi) is 4.07. The third-order valence-electron chi connectivity index (χ3n) is 3.05. The van der Waals surface area contributed by atoms with Crippen molar-refractivity contribution in [1.29, 1.82) is 0 Å². The lowest BCUT2D eigenvalue weighted by Crippen LogP contribution is -2.25. The van der Waals surface area contributed by atoms with Crippen LogP contribution >= 0.6 is 0 Å². The molecular weight excluding hydrogens is 228 g/mol. The second kappa shape index (κ2) is 5.76. The van der Waals surface area contributed by atoms with Gasteiger partial charge in [0.1, 0.15) is 5.75 Å². The van der Waals surface area contributed by atoms with Crippen molar-refractivity contribution in [3.8, 4) is 5.75 Å². The Morgan fingerprint density at radius 3 is 3.11 bits per heavy atom. The number of hydrogen-bond acceptors (Lipinski definition) is 3. The largest absolute Gasteiger partial charge is 0.482 e. The van der Waals surface area contributed by atoms with Crippen LogP contribution < -0.4 is 15.4 Å². The third-order valence-corrected chi connectivity index (χ3v) is 3.05. The Morgan fingerprint density at radius 1 is 1.50 bits per heavy atom. The molecule has 2 rings (SSSR count). The van der Waals surface area contributed by atoms with E-state index in [9.17, 15) is 4.79 Å². The molecule has 0 aromatic heterocycles. The van der Waals surface area contributed by atoms with E-state index in [1.165, 1.54) is 12.8 Å². The van der Waals surface area contributed by atoms with Crippen LogP contribution in [0.1, 0.15) is 26.7 Å². The molecule has 1 amide bonds. The van der Waals surface area contributed by atoms with Crippen molar-refractivity contribution in [1.82, 2.24) is 0 Å². The van der Waals surface area contributed by atoms with Crippen molar-refractivity contribution in [2.75, 3.05) is 23.8 Å². The number of nitrogens with one attached hydrogen (secondary N) is 2. The smallest absolute Gasteiger partial charge is 0.262 e. The van der Waals surface area contributed by atoms with Gasteiger partial charge in [-0.15, -0.1) is 0 Å². The lowest BCUT2D eigenvalue weighted by Gasteiger charge is -2.19. The van der Waals surface area contributed by atoms with Gasteiger partial charge in [-0.05, 0) is 30.5 Å². The minimum Gasteiger partial charge on any atom is -0.482 e. The van der Waals surface area contributed by atoms with Crippen molar-refractivity contribution >= 4 is 17.3 Å². The van der Waals surface area contributed by atoms with Crippen molar-refractivity contribution in [2.45, 2.75) is 26.7 Å². The molecule has 1 aliphatic rings. The van der Waals surface area contributed by atoms with E-state index in [1.807, 2.05) is 18.2 Å². The molecule has 0 fully saturated rings. The lowest BCUT2D eigenvalue weighted by molar-refractivity contribution is -0.118. The van der Waals surface area contributed by atoms with Crippen LogP contribution in [-0.2, 0) is 4.79 Å². The fourth-order valence-electron chi connectivity index (χ4n) is 2.08. The number of carbonyl (C=O) groups is 1. The van der Waals surface area contributed by atoms with E-state index >= 15 is 0 Å². The summed E-state index contributed by atoms with van der Waals surface area (Å²) in [4.78, 5) is 11.2. The SMILES string of the molecule is CCCC(C)CNc1ccc2c(c1)NC(=O)CO2. The molecule has 0 aliphatic carbocycles. The number of benzene rings is 1. The highest BCUT2D eigenvalue weighted by atomic mass is 16.5. The van der Waals surface area contributed by atoms with E-state index in [0.29, 0.717) is 5.92 Å². The molecule has 4 nitrogen and oxygen atoms in total. The van der Waals surface area contributed by atoms with Gasteiger partial charge >= 0.3 is 0 Å².